The fourth-order valence-corrected chi connectivity index (χ4v) is 3.51. The lowest BCUT2D eigenvalue weighted by atomic mass is 10.0. The van der Waals surface area contributed by atoms with Gasteiger partial charge in [0.05, 0.1) is 18.0 Å². The van der Waals surface area contributed by atoms with Gasteiger partial charge in [0.2, 0.25) is 11.1 Å². The summed E-state index contributed by atoms with van der Waals surface area (Å²) in [5.41, 5.74) is 2.74. The lowest BCUT2D eigenvalue weighted by Crippen LogP contribution is -2.23. The van der Waals surface area contributed by atoms with Crippen molar-refractivity contribution in [1.29, 1.82) is 0 Å². The standard InChI is InChI=1S/C20H23N5O2S/c1-13(2)17-7-5-6-8-18(17)21-19(26)14(3)28-20-22-23-24-25(20)15-9-11-16(27-4)12-10-15/h5-14H,1-4H3,(H,21,26). The predicted octanol–water partition coefficient (Wildman–Crippen LogP) is 3.91. The molecule has 0 saturated heterocycles. The van der Waals surface area contributed by atoms with Gasteiger partial charge < -0.3 is 10.1 Å². The molecular formula is C20H23N5O2S. The first-order chi connectivity index (χ1) is 13.5. The van der Waals surface area contributed by atoms with E-state index in [9.17, 15) is 4.79 Å². The minimum atomic E-state index is -0.372. The van der Waals surface area contributed by atoms with Crippen LogP contribution in [0.2, 0.25) is 0 Å². The number of carbonyl (C=O) groups is 1. The molecule has 1 atom stereocenters. The molecule has 0 aliphatic carbocycles. The molecule has 1 N–H and O–H groups in total. The minimum Gasteiger partial charge on any atom is -0.497 e. The molecule has 0 fully saturated rings. The summed E-state index contributed by atoms with van der Waals surface area (Å²) in [5.74, 6) is 0.979. The summed E-state index contributed by atoms with van der Waals surface area (Å²) < 4.78 is 6.78. The fraction of sp³-hybridized carbons (Fsp3) is 0.300. The summed E-state index contributed by atoms with van der Waals surface area (Å²) >= 11 is 1.31. The third kappa shape index (κ3) is 4.51. The van der Waals surface area contributed by atoms with Crippen LogP contribution in [0, 0.1) is 0 Å². The molecule has 0 aliphatic rings. The van der Waals surface area contributed by atoms with E-state index in [0.717, 1.165) is 22.7 Å². The highest BCUT2D eigenvalue weighted by Gasteiger charge is 2.20. The number of nitrogens with zero attached hydrogens (tertiary/aromatic N) is 4. The van der Waals surface area contributed by atoms with Crippen LogP contribution in [0.25, 0.3) is 5.69 Å². The molecule has 0 radical (unpaired) electrons. The van der Waals surface area contributed by atoms with Gasteiger partial charge in [0.1, 0.15) is 5.75 Å². The molecule has 1 unspecified atom stereocenters. The largest absolute Gasteiger partial charge is 0.497 e. The van der Waals surface area contributed by atoms with Gasteiger partial charge in [0.15, 0.2) is 0 Å². The summed E-state index contributed by atoms with van der Waals surface area (Å²) in [7, 11) is 1.62. The van der Waals surface area contributed by atoms with Crippen molar-refractivity contribution in [2.75, 3.05) is 12.4 Å². The first kappa shape index (κ1) is 19.9. The van der Waals surface area contributed by atoms with E-state index < -0.39 is 0 Å². The van der Waals surface area contributed by atoms with Crippen LogP contribution in [-0.2, 0) is 4.79 Å². The van der Waals surface area contributed by atoms with Crippen LogP contribution in [0.4, 0.5) is 5.69 Å². The molecule has 3 rings (SSSR count). The number of amides is 1. The van der Waals surface area contributed by atoms with Crippen molar-refractivity contribution >= 4 is 23.4 Å². The van der Waals surface area contributed by atoms with Crippen LogP contribution in [0.3, 0.4) is 0 Å². The number of ether oxygens (including phenoxy) is 1. The maximum Gasteiger partial charge on any atom is 0.237 e. The quantitative estimate of drug-likeness (QED) is 0.609. The summed E-state index contributed by atoms with van der Waals surface area (Å²) in [5, 5.41) is 15.1. The Kier molecular flexibility index (Phi) is 6.30. The molecule has 7 nitrogen and oxygen atoms in total. The van der Waals surface area contributed by atoms with Gasteiger partial charge in [-0.25, -0.2) is 0 Å². The number of thioether (sulfide) groups is 1. The Balaban J connectivity index is 1.72. The van der Waals surface area contributed by atoms with E-state index in [1.54, 1.807) is 11.8 Å². The summed E-state index contributed by atoms with van der Waals surface area (Å²) in [6.45, 7) is 6.05. The second kappa shape index (κ2) is 8.88. The molecular weight excluding hydrogens is 374 g/mol. The number of methoxy groups -OCH3 is 1. The third-order valence-electron chi connectivity index (χ3n) is 4.25. The second-order valence-corrected chi connectivity index (χ2v) is 7.87. The number of aromatic nitrogens is 4. The van der Waals surface area contributed by atoms with E-state index in [2.05, 4.69) is 34.7 Å². The maximum absolute atomic E-state index is 12.7. The van der Waals surface area contributed by atoms with Gasteiger partial charge in [0, 0.05) is 5.69 Å². The van der Waals surface area contributed by atoms with E-state index in [1.807, 2.05) is 55.5 Å². The third-order valence-corrected chi connectivity index (χ3v) is 5.28. The van der Waals surface area contributed by atoms with E-state index in [0.29, 0.717) is 11.1 Å². The van der Waals surface area contributed by atoms with E-state index in [1.165, 1.54) is 11.8 Å². The lowest BCUT2D eigenvalue weighted by Gasteiger charge is -2.16. The average molecular weight is 398 g/mol. The minimum absolute atomic E-state index is 0.0950. The predicted molar refractivity (Wildman–Crippen MR) is 110 cm³/mol. The Hall–Kier alpha value is -2.87. The van der Waals surface area contributed by atoms with Crippen molar-refractivity contribution in [3.8, 4) is 11.4 Å². The molecule has 1 heterocycles. The number of hydrogen-bond donors (Lipinski definition) is 1. The van der Waals surface area contributed by atoms with Gasteiger partial charge in [-0.1, -0.05) is 43.8 Å². The van der Waals surface area contributed by atoms with Crippen molar-refractivity contribution in [3.63, 3.8) is 0 Å². The molecule has 0 saturated carbocycles. The SMILES string of the molecule is COc1ccc(-n2nnnc2SC(C)C(=O)Nc2ccccc2C(C)C)cc1. The molecule has 28 heavy (non-hydrogen) atoms. The van der Waals surface area contributed by atoms with Crippen LogP contribution in [0.1, 0.15) is 32.3 Å². The lowest BCUT2D eigenvalue weighted by molar-refractivity contribution is -0.115. The van der Waals surface area contributed by atoms with Gasteiger partial charge in [-0.15, -0.1) is 5.10 Å². The topological polar surface area (TPSA) is 81.9 Å². The molecule has 0 aliphatic heterocycles. The van der Waals surface area contributed by atoms with Crippen LogP contribution in [0.5, 0.6) is 5.75 Å². The van der Waals surface area contributed by atoms with Gasteiger partial charge in [-0.3, -0.25) is 4.79 Å². The van der Waals surface area contributed by atoms with Gasteiger partial charge in [-0.05, 0) is 59.2 Å². The Bertz CT molecular complexity index is 940. The molecule has 3 aromatic rings. The Morgan fingerprint density at radius 2 is 1.82 bits per heavy atom. The van der Waals surface area contributed by atoms with Crippen molar-refractivity contribution in [1.82, 2.24) is 20.2 Å². The van der Waals surface area contributed by atoms with Crippen molar-refractivity contribution in [2.24, 2.45) is 0 Å². The van der Waals surface area contributed by atoms with Crippen LogP contribution >= 0.6 is 11.8 Å². The molecule has 8 heteroatoms. The summed E-state index contributed by atoms with van der Waals surface area (Å²) in [6.07, 6.45) is 0. The fourth-order valence-electron chi connectivity index (χ4n) is 2.70. The number of nitrogens with one attached hydrogen (secondary N) is 1. The monoisotopic (exact) mass is 397 g/mol. The number of rotatable bonds is 7. The van der Waals surface area contributed by atoms with Crippen molar-refractivity contribution in [2.45, 2.75) is 37.1 Å². The maximum atomic E-state index is 12.7. The van der Waals surface area contributed by atoms with E-state index >= 15 is 0 Å². The highest BCUT2D eigenvalue weighted by atomic mass is 32.2. The number of tetrazole rings is 1. The van der Waals surface area contributed by atoms with Crippen LogP contribution in [-0.4, -0.2) is 38.5 Å². The second-order valence-electron chi connectivity index (χ2n) is 6.56. The first-order valence-electron chi connectivity index (χ1n) is 8.99. The first-order valence-corrected chi connectivity index (χ1v) is 9.86. The zero-order valence-electron chi connectivity index (χ0n) is 16.3. The summed E-state index contributed by atoms with van der Waals surface area (Å²) in [4.78, 5) is 12.7. The molecule has 0 bridgehead atoms. The molecule has 2 aromatic carbocycles. The van der Waals surface area contributed by atoms with Gasteiger partial charge >= 0.3 is 0 Å². The molecule has 146 valence electrons. The van der Waals surface area contributed by atoms with Crippen molar-refractivity contribution in [3.05, 3.63) is 54.1 Å². The normalized spacial score (nSPS) is 12.0. The zero-order chi connectivity index (χ0) is 20.1. The van der Waals surface area contributed by atoms with E-state index in [4.69, 9.17) is 4.74 Å². The Labute approximate surface area is 168 Å². The number of anilines is 1. The molecule has 0 spiro atoms. The summed E-state index contributed by atoms with van der Waals surface area (Å²) in [6, 6.07) is 15.3. The van der Waals surface area contributed by atoms with Gasteiger partial charge in [0.25, 0.3) is 0 Å². The Morgan fingerprint density at radius 1 is 1.11 bits per heavy atom. The number of hydrogen-bond acceptors (Lipinski definition) is 6. The smallest absolute Gasteiger partial charge is 0.237 e. The number of carbonyl (C=O) groups excluding carboxylic acids is 1. The molecule has 1 amide bonds. The molecule has 1 aromatic heterocycles. The zero-order valence-corrected chi connectivity index (χ0v) is 17.1. The Morgan fingerprint density at radius 3 is 2.50 bits per heavy atom. The van der Waals surface area contributed by atoms with Crippen LogP contribution in [0.15, 0.2) is 53.7 Å². The van der Waals surface area contributed by atoms with Crippen LogP contribution < -0.4 is 10.1 Å². The average Bonchev–Trinajstić information content (AvgIpc) is 3.16. The van der Waals surface area contributed by atoms with E-state index in [-0.39, 0.29) is 11.2 Å². The number of para-hydroxylation sites is 1. The highest BCUT2D eigenvalue weighted by Crippen LogP contribution is 2.27. The highest BCUT2D eigenvalue weighted by molar-refractivity contribution is 8.00. The number of benzene rings is 2. The van der Waals surface area contributed by atoms with Gasteiger partial charge in [-0.2, -0.15) is 4.68 Å². The van der Waals surface area contributed by atoms with Crippen molar-refractivity contribution < 1.29 is 9.53 Å².